The fraction of sp³-hybridized carbons (Fsp3) is 0.667. The zero-order chi connectivity index (χ0) is 14.5. The van der Waals surface area contributed by atoms with Gasteiger partial charge in [-0.05, 0) is 50.9 Å². The molecule has 0 spiro atoms. The predicted molar refractivity (Wildman–Crippen MR) is 88.6 cm³/mol. The summed E-state index contributed by atoms with van der Waals surface area (Å²) in [6.45, 7) is 7.44. The minimum Gasteiger partial charge on any atom is -0.311 e. The van der Waals surface area contributed by atoms with Gasteiger partial charge in [-0.15, -0.1) is 0 Å². The van der Waals surface area contributed by atoms with E-state index in [1.165, 1.54) is 51.1 Å². The highest BCUT2D eigenvalue weighted by molar-refractivity contribution is 5.16. The van der Waals surface area contributed by atoms with E-state index in [9.17, 15) is 0 Å². The first-order chi connectivity index (χ1) is 10.3. The number of hydrogen-bond acceptors (Lipinski definition) is 3. The molecule has 2 saturated heterocycles. The first-order valence-corrected chi connectivity index (χ1v) is 8.48. The second-order valence-corrected chi connectivity index (χ2v) is 6.85. The number of nitrogens with one attached hydrogen (secondary N) is 1. The molecule has 1 unspecified atom stereocenters. The molecule has 2 aliphatic heterocycles. The van der Waals surface area contributed by atoms with E-state index in [0.717, 1.165) is 18.9 Å². The molecule has 2 fully saturated rings. The van der Waals surface area contributed by atoms with Gasteiger partial charge in [0.25, 0.3) is 0 Å². The molecule has 1 aromatic rings. The van der Waals surface area contributed by atoms with Gasteiger partial charge in [0.2, 0.25) is 0 Å². The van der Waals surface area contributed by atoms with Crippen LogP contribution in [0.1, 0.15) is 18.4 Å². The highest BCUT2D eigenvalue weighted by Crippen LogP contribution is 2.18. The van der Waals surface area contributed by atoms with E-state index in [1.807, 2.05) is 0 Å². The van der Waals surface area contributed by atoms with Crippen molar-refractivity contribution < 1.29 is 0 Å². The molecule has 0 amide bonds. The van der Waals surface area contributed by atoms with Crippen LogP contribution in [0, 0.1) is 5.92 Å². The van der Waals surface area contributed by atoms with Gasteiger partial charge in [-0.3, -0.25) is 0 Å². The number of benzene rings is 1. The fourth-order valence-electron chi connectivity index (χ4n) is 3.71. The lowest BCUT2D eigenvalue weighted by Gasteiger charge is -2.38. The normalized spacial score (nSPS) is 26.0. The summed E-state index contributed by atoms with van der Waals surface area (Å²) in [7, 11) is 2.25. The third-order valence-corrected chi connectivity index (χ3v) is 5.02. The van der Waals surface area contributed by atoms with E-state index in [0.29, 0.717) is 6.04 Å². The zero-order valence-electron chi connectivity index (χ0n) is 13.3. The van der Waals surface area contributed by atoms with Crippen molar-refractivity contribution in [1.82, 2.24) is 15.1 Å². The van der Waals surface area contributed by atoms with E-state index in [4.69, 9.17) is 0 Å². The molecule has 3 heteroatoms. The number of rotatable bonds is 4. The molecular formula is C18H29N3. The van der Waals surface area contributed by atoms with E-state index in [1.54, 1.807) is 0 Å². The summed E-state index contributed by atoms with van der Waals surface area (Å²) in [4.78, 5) is 5.16. The molecule has 1 N–H and O–H groups in total. The molecular weight excluding hydrogens is 258 g/mol. The summed E-state index contributed by atoms with van der Waals surface area (Å²) in [5.41, 5.74) is 1.45. The average molecular weight is 287 g/mol. The molecule has 0 bridgehead atoms. The maximum absolute atomic E-state index is 3.69. The molecule has 3 rings (SSSR count). The van der Waals surface area contributed by atoms with E-state index in [-0.39, 0.29) is 0 Å². The third-order valence-electron chi connectivity index (χ3n) is 5.02. The largest absolute Gasteiger partial charge is 0.311 e. The summed E-state index contributed by atoms with van der Waals surface area (Å²) < 4.78 is 0. The Kier molecular flexibility index (Phi) is 5.28. The van der Waals surface area contributed by atoms with Gasteiger partial charge in [-0.25, -0.2) is 0 Å². The van der Waals surface area contributed by atoms with Crippen LogP contribution in [-0.4, -0.2) is 62.2 Å². The van der Waals surface area contributed by atoms with Gasteiger partial charge < -0.3 is 15.1 Å². The van der Waals surface area contributed by atoms with Crippen molar-refractivity contribution >= 4 is 0 Å². The lowest BCUT2D eigenvalue weighted by Crippen LogP contribution is -2.53. The fourth-order valence-corrected chi connectivity index (χ4v) is 3.71. The average Bonchev–Trinajstić information content (AvgIpc) is 2.51. The first kappa shape index (κ1) is 15.0. The Hall–Kier alpha value is -0.900. The van der Waals surface area contributed by atoms with Crippen LogP contribution in [0.5, 0.6) is 0 Å². The van der Waals surface area contributed by atoms with Gasteiger partial charge in [0.1, 0.15) is 0 Å². The van der Waals surface area contributed by atoms with Crippen LogP contribution in [0.4, 0.5) is 0 Å². The van der Waals surface area contributed by atoms with Crippen molar-refractivity contribution in [2.45, 2.75) is 25.3 Å². The Labute approximate surface area is 129 Å². The highest BCUT2D eigenvalue weighted by Gasteiger charge is 2.24. The Morgan fingerprint density at radius 1 is 1.10 bits per heavy atom. The molecule has 0 saturated carbocycles. The molecule has 116 valence electrons. The number of piperidine rings is 1. The van der Waals surface area contributed by atoms with Crippen molar-refractivity contribution in [2.75, 3.05) is 46.3 Å². The second-order valence-electron chi connectivity index (χ2n) is 6.85. The van der Waals surface area contributed by atoms with Crippen molar-refractivity contribution in [1.29, 1.82) is 0 Å². The van der Waals surface area contributed by atoms with Crippen LogP contribution in [0.2, 0.25) is 0 Å². The van der Waals surface area contributed by atoms with Crippen molar-refractivity contribution in [2.24, 2.45) is 5.92 Å². The minimum atomic E-state index is 0.618. The van der Waals surface area contributed by atoms with E-state index >= 15 is 0 Å². The second kappa shape index (κ2) is 7.39. The Balaban J connectivity index is 1.47. The molecule has 0 aliphatic carbocycles. The van der Waals surface area contributed by atoms with Crippen LogP contribution >= 0.6 is 0 Å². The number of hydrogen-bond donors (Lipinski definition) is 1. The van der Waals surface area contributed by atoms with Crippen LogP contribution in [-0.2, 0) is 6.42 Å². The Morgan fingerprint density at radius 2 is 1.86 bits per heavy atom. The van der Waals surface area contributed by atoms with Crippen LogP contribution < -0.4 is 5.32 Å². The summed E-state index contributed by atoms with van der Waals surface area (Å²) in [6, 6.07) is 11.5. The molecule has 21 heavy (non-hydrogen) atoms. The van der Waals surface area contributed by atoms with E-state index < -0.39 is 0 Å². The lowest BCUT2D eigenvalue weighted by molar-refractivity contribution is 0.134. The van der Waals surface area contributed by atoms with Crippen molar-refractivity contribution in [3.05, 3.63) is 35.9 Å². The maximum atomic E-state index is 3.69. The third kappa shape index (κ3) is 4.53. The topological polar surface area (TPSA) is 18.5 Å². The van der Waals surface area contributed by atoms with E-state index in [2.05, 4.69) is 52.5 Å². The molecule has 1 aromatic carbocycles. The van der Waals surface area contributed by atoms with Gasteiger partial charge in [0.15, 0.2) is 0 Å². The lowest BCUT2D eigenvalue weighted by atomic mass is 9.95. The number of nitrogens with zero attached hydrogens (tertiary/aromatic N) is 2. The van der Waals surface area contributed by atoms with Gasteiger partial charge in [-0.2, -0.15) is 0 Å². The SMILES string of the molecule is CN1CCC(CN2CCNC(Cc3ccccc3)C2)CC1. The summed E-state index contributed by atoms with van der Waals surface area (Å²) >= 11 is 0. The zero-order valence-corrected chi connectivity index (χ0v) is 13.3. The van der Waals surface area contributed by atoms with Crippen LogP contribution in [0.3, 0.4) is 0 Å². The monoisotopic (exact) mass is 287 g/mol. The van der Waals surface area contributed by atoms with Gasteiger partial charge in [0.05, 0.1) is 0 Å². The molecule has 2 heterocycles. The number of likely N-dealkylation sites (tertiary alicyclic amines) is 1. The summed E-state index contributed by atoms with van der Waals surface area (Å²) in [6.07, 6.45) is 3.91. The van der Waals surface area contributed by atoms with Crippen molar-refractivity contribution in [3.63, 3.8) is 0 Å². The minimum absolute atomic E-state index is 0.618. The molecule has 1 atom stereocenters. The number of piperazine rings is 1. The molecule has 0 radical (unpaired) electrons. The van der Waals surface area contributed by atoms with Gasteiger partial charge in [0, 0.05) is 32.2 Å². The van der Waals surface area contributed by atoms with Crippen LogP contribution in [0.25, 0.3) is 0 Å². The first-order valence-electron chi connectivity index (χ1n) is 8.48. The molecule has 0 aromatic heterocycles. The quantitative estimate of drug-likeness (QED) is 0.912. The van der Waals surface area contributed by atoms with Crippen LogP contribution in [0.15, 0.2) is 30.3 Å². The Bertz CT molecular complexity index is 412. The highest BCUT2D eigenvalue weighted by atomic mass is 15.2. The van der Waals surface area contributed by atoms with Gasteiger partial charge in [-0.1, -0.05) is 30.3 Å². The maximum Gasteiger partial charge on any atom is 0.0235 e. The summed E-state index contributed by atoms with van der Waals surface area (Å²) in [5, 5.41) is 3.69. The summed E-state index contributed by atoms with van der Waals surface area (Å²) in [5.74, 6) is 0.914. The molecule has 2 aliphatic rings. The van der Waals surface area contributed by atoms with Gasteiger partial charge >= 0.3 is 0 Å². The smallest absolute Gasteiger partial charge is 0.0235 e. The predicted octanol–water partition coefficient (Wildman–Crippen LogP) is 1.84. The van der Waals surface area contributed by atoms with Crippen molar-refractivity contribution in [3.8, 4) is 0 Å². The molecule has 3 nitrogen and oxygen atoms in total. The Morgan fingerprint density at radius 3 is 2.62 bits per heavy atom. The standard InChI is InChI=1S/C18H29N3/c1-20-10-7-17(8-11-20)14-21-12-9-19-18(15-21)13-16-5-3-2-4-6-16/h2-6,17-19H,7-15H2,1H3.